The van der Waals surface area contributed by atoms with Crippen LogP contribution in [0.2, 0.25) is 10.0 Å². The molecule has 5 nitrogen and oxygen atoms in total. The Morgan fingerprint density at radius 1 is 1.18 bits per heavy atom. The summed E-state index contributed by atoms with van der Waals surface area (Å²) >= 11 is 13.0. The van der Waals surface area contributed by atoms with Gasteiger partial charge in [-0.15, -0.1) is 11.3 Å². The Morgan fingerprint density at radius 3 is 2.61 bits per heavy atom. The highest BCUT2D eigenvalue weighted by Gasteiger charge is 2.24. The lowest BCUT2D eigenvalue weighted by molar-refractivity contribution is 0.220. The molecule has 1 aromatic heterocycles. The fraction of sp³-hybridized carbons (Fsp3) is 0.118. The van der Waals surface area contributed by atoms with E-state index < -0.39 is 32.7 Å². The van der Waals surface area contributed by atoms with E-state index in [-0.39, 0.29) is 21.5 Å². The molecule has 0 aliphatic rings. The third-order valence-corrected chi connectivity index (χ3v) is 6.33. The quantitative estimate of drug-likeness (QED) is 0.510. The Hall–Kier alpha value is -1.94. The van der Waals surface area contributed by atoms with Crippen molar-refractivity contribution in [2.45, 2.75) is 17.9 Å². The van der Waals surface area contributed by atoms with Crippen molar-refractivity contribution in [2.24, 2.45) is 0 Å². The van der Waals surface area contributed by atoms with Crippen LogP contribution in [0.25, 0.3) is 0 Å². The standard InChI is InChI=1S/C17H12Cl2F2N2O3S2/c1-9(11-6-10(18)2-3-13(11)20)26-15-8-14(21)16(7-12(15)19)28(24,25)23-17-22-4-5-27-17/h2-9H,1H3,(H,22,23). The maximum atomic E-state index is 14.5. The van der Waals surface area contributed by atoms with Gasteiger partial charge in [-0.05, 0) is 31.2 Å². The van der Waals surface area contributed by atoms with Crippen LogP contribution < -0.4 is 9.46 Å². The molecule has 0 spiro atoms. The van der Waals surface area contributed by atoms with Crippen molar-refractivity contribution in [3.63, 3.8) is 0 Å². The van der Waals surface area contributed by atoms with E-state index in [4.69, 9.17) is 27.9 Å². The van der Waals surface area contributed by atoms with Crippen LogP contribution in [0.5, 0.6) is 5.75 Å². The Kier molecular flexibility index (Phi) is 6.09. The molecule has 0 saturated heterocycles. The van der Waals surface area contributed by atoms with Gasteiger partial charge in [0.25, 0.3) is 10.0 Å². The van der Waals surface area contributed by atoms with Crippen molar-refractivity contribution in [2.75, 3.05) is 4.72 Å². The second-order valence-electron chi connectivity index (χ2n) is 5.58. The highest BCUT2D eigenvalue weighted by molar-refractivity contribution is 7.93. The van der Waals surface area contributed by atoms with Crippen LogP contribution in [-0.2, 0) is 10.0 Å². The van der Waals surface area contributed by atoms with Crippen molar-refractivity contribution < 1.29 is 21.9 Å². The molecule has 1 unspecified atom stereocenters. The topological polar surface area (TPSA) is 68.3 Å². The average Bonchev–Trinajstić information content (AvgIpc) is 3.11. The molecule has 3 rings (SSSR count). The number of nitrogens with one attached hydrogen (secondary N) is 1. The minimum absolute atomic E-state index is 0.0842. The van der Waals surface area contributed by atoms with Crippen LogP contribution in [0, 0.1) is 11.6 Å². The Labute approximate surface area is 173 Å². The number of benzene rings is 2. The first-order valence-corrected chi connectivity index (χ1v) is 10.8. The molecule has 148 valence electrons. The monoisotopic (exact) mass is 464 g/mol. The summed E-state index contributed by atoms with van der Waals surface area (Å²) in [6.07, 6.45) is 0.547. The maximum absolute atomic E-state index is 14.5. The van der Waals surface area contributed by atoms with E-state index in [1.54, 1.807) is 5.38 Å². The Morgan fingerprint density at radius 2 is 1.93 bits per heavy atom. The second kappa shape index (κ2) is 8.20. The molecule has 0 bridgehead atoms. The Balaban J connectivity index is 1.88. The van der Waals surface area contributed by atoms with Crippen molar-refractivity contribution in [1.29, 1.82) is 0 Å². The molecule has 28 heavy (non-hydrogen) atoms. The van der Waals surface area contributed by atoms with Crippen LogP contribution >= 0.6 is 34.5 Å². The highest BCUT2D eigenvalue weighted by Crippen LogP contribution is 2.34. The molecule has 1 heterocycles. The van der Waals surface area contributed by atoms with Crippen molar-refractivity contribution in [3.8, 4) is 5.75 Å². The first-order chi connectivity index (χ1) is 13.2. The number of nitrogens with zero attached hydrogens (tertiary/aromatic N) is 1. The van der Waals surface area contributed by atoms with E-state index >= 15 is 0 Å². The Bertz CT molecular complexity index is 1110. The van der Waals surface area contributed by atoms with Gasteiger partial charge in [-0.1, -0.05) is 23.2 Å². The molecule has 3 aromatic rings. The maximum Gasteiger partial charge on any atom is 0.266 e. The summed E-state index contributed by atoms with van der Waals surface area (Å²) < 4.78 is 60.9. The second-order valence-corrected chi connectivity index (χ2v) is 8.97. The van der Waals surface area contributed by atoms with E-state index in [1.165, 1.54) is 31.3 Å². The van der Waals surface area contributed by atoms with Crippen molar-refractivity contribution >= 4 is 49.7 Å². The molecule has 1 N–H and O–H groups in total. The number of ether oxygens (including phenoxy) is 1. The molecule has 0 radical (unpaired) electrons. The first kappa shape index (κ1) is 20.8. The predicted molar refractivity (Wildman–Crippen MR) is 105 cm³/mol. The van der Waals surface area contributed by atoms with Crippen LogP contribution in [0.3, 0.4) is 0 Å². The summed E-state index contributed by atoms with van der Waals surface area (Å²) in [5.74, 6) is -1.78. The lowest BCUT2D eigenvalue weighted by Crippen LogP contribution is -2.15. The SMILES string of the molecule is CC(Oc1cc(F)c(S(=O)(=O)Nc2nccs2)cc1Cl)c1cc(Cl)ccc1F. The summed E-state index contributed by atoms with van der Waals surface area (Å²) in [5.41, 5.74) is 0.145. The van der Waals surface area contributed by atoms with E-state index in [9.17, 15) is 17.2 Å². The van der Waals surface area contributed by atoms with Gasteiger partial charge in [-0.3, -0.25) is 4.72 Å². The molecule has 0 fully saturated rings. The zero-order valence-electron chi connectivity index (χ0n) is 14.1. The molecule has 0 aliphatic heterocycles. The van der Waals surface area contributed by atoms with Crippen LogP contribution in [0.1, 0.15) is 18.6 Å². The van der Waals surface area contributed by atoms with E-state index in [2.05, 4.69) is 9.71 Å². The van der Waals surface area contributed by atoms with Gasteiger partial charge in [0.2, 0.25) is 0 Å². The zero-order valence-corrected chi connectivity index (χ0v) is 17.3. The van der Waals surface area contributed by atoms with Crippen molar-refractivity contribution in [1.82, 2.24) is 4.98 Å². The molecule has 0 aliphatic carbocycles. The van der Waals surface area contributed by atoms with Crippen LogP contribution in [0.15, 0.2) is 46.8 Å². The third-order valence-electron chi connectivity index (χ3n) is 3.63. The zero-order chi connectivity index (χ0) is 20.5. The fourth-order valence-electron chi connectivity index (χ4n) is 2.33. The van der Waals surface area contributed by atoms with Crippen LogP contribution in [0.4, 0.5) is 13.9 Å². The summed E-state index contributed by atoms with van der Waals surface area (Å²) in [5, 5.41) is 1.80. The number of aromatic nitrogens is 1. The number of rotatable bonds is 6. The molecule has 1 atom stereocenters. The van der Waals surface area contributed by atoms with Gasteiger partial charge in [0.1, 0.15) is 28.4 Å². The minimum Gasteiger partial charge on any atom is -0.484 e. The summed E-state index contributed by atoms with van der Waals surface area (Å²) in [4.78, 5) is 3.12. The highest BCUT2D eigenvalue weighted by atomic mass is 35.5. The number of thiazole rings is 1. The van der Waals surface area contributed by atoms with Gasteiger partial charge in [0.15, 0.2) is 5.13 Å². The largest absolute Gasteiger partial charge is 0.484 e. The number of halogens is 4. The number of hydrogen-bond donors (Lipinski definition) is 1. The normalized spacial score (nSPS) is 12.6. The molecular weight excluding hydrogens is 453 g/mol. The average molecular weight is 465 g/mol. The molecule has 2 aromatic carbocycles. The van der Waals surface area contributed by atoms with E-state index in [0.29, 0.717) is 5.02 Å². The van der Waals surface area contributed by atoms with Gasteiger partial charge in [-0.25, -0.2) is 22.2 Å². The summed E-state index contributed by atoms with van der Waals surface area (Å²) in [6, 6.07) is 5.69. The first-order valence-electron chi connectivity index (χ1n) is 7.70. The third kappa shape index (κ3) is 4.54. The lowest BCUT2D eigenvalue weighted by Gasteiger charge is -2.18. The number of hydrogen-bond acceptors (Lipinski definition) is 5. The van der Waals surface area contributed by atoms with Gasteiger partial charge in [0, 0.05) is 28.2 Å². The molecule has 0 saturated carbocycles. The smallest absolute Gasteiger partial charge is 0.266 e. The van der Waals surface area contributed by atoms with Gasteiger partial charge in [-0.2, -0.15) is 0 Å². The number of sulfonamides is 1. The minimum atomic E-state index is -4.24. The molecule has 11 heteroatoms. The van der Waals surface area contributed by atoms with E-state index in [1.807, 2.05) is 0 Å². The molecule has 0 amide bonds. The number of anilines is 1. The predicted octanol–water partition coefficient (Wildman–Crippen LogP) is 5.67. The van der Waals surface area contributed by atoms with Crippen molar-refractivity contribution in [3.05, 3.63) is 69.2 Å². The van der Waals surface area contributed by atoms with Gasteiger partial charge in [0.05, 0.1) is 5.02 Å². The summed E-state index contributed by atoms with van der Waals surface area (Å²) in [6.45, 7) is 1.53. The molecular formula is C17H12Cl2F2N2O3S2. The van der Waals surface area contributed by atoms with Gasteiger partial charge < -0.3 is 4.74 Å². The lowest BCUT2D eigenvalue weighted by atomic mass is 10.1. The van der Waals surface area contributed by atoms with Crippen LogP contribution in [-0.4, -0.2) is 13.4 Å². The van der Waals surface area contributed by atoms with E-state index in [0.717, 1.165) is 23.5 Å². The van der Waals surface area contributed by atoms with Gasteiger partial charge >= 0.3 is 0 Å². The fourth-order valence-corrected chi connectivity index (χ4v) is 4.66. The summed E-state index contributed by atoms with van der Waals surface area (Å²) in [7, 11) is -4.24.